The molecule has 0 atom stereocenters. The highest BCUT2D eigenvalue weighted by molar-refractivity contribution is 9.13. The van der Waals surface area contributed by atoms with Crippen LogP contribution in [0.3, 0.4) is 0 Å². The Kier molecular flexibility index (Phi) is 3.12. The average Bonchev–Trinajstić information content (AvgIpc) is 2.82. The number of hydrogen-bond acceptors (Lipinski definition) is 0. The molecule has 0 fully saturated rings. The number of halogens is 2. The smallest absolute Gasteiger partial charge is 0.0553 e. The molecule has 0 aliphatic heterocycles. The molecule has 1 aromatic heterocycles. The molecule has 1 heterocycles. The molecule has 102 valence electrons. The highest BCUT2D eigenvalue weighted by Gasteiger charge is 2.13. The van der Waals surface area contributed by atoms with Crippen molar-refractivity contribution < 1.29 is 0 Å². The van der Waals surface area contributed by atoms with Gasteiger partial charge in [0.1, 0.15) is 0 Å². The van der Waals surface area contributed by atoms with Gasteiger partial charge < -0.3 is 4.57 Å². The zero-order valence-corrected chi connectivity index (χ0v) is 14.2. The molecule has 3 heteroatoms. The monoisotopic (exact) mass is 399 g/mol. The van der Waals surface area contributed by atoms with Gasteiger partial charge in [0, 0.05) is 25.4 Å². The predicted molar refractivity (Wildman–Crippen MR) is 96.2 cm³/mol. The average molecular weight is 401 g/mol. The van der Waals surface area contributed by atoms with E-state index < -0.39 is 0 Å². The van der Waals surface area contributed by atoms with Crippen molar-refractivity contribution in [3.63, 3.8) is 0 Å². The maximum atomic E-state index is 3.62. The maximum absolute atomic E-state index is 3.62. The molecule has 3 aromatic carbocycles. The topological polar surface area (TPSA) is 4.93 Å². The minimum Gasteiger partial charge on any atom is -0.309 e. The van der Waals surface area contributed by atoms with Crippen LogP contribution in [0.15, 0.2) is 75.7 Å². The second-order valence-electron chi connectivity index (χ2n) is 4.97. The summed E-state index contributed by atoms with van der Waals surface area (Å²) < 4.78 is 4.45. The highest BCUT2D eigenvalue weighted by Crippen LogP contribution is 2.36. The van der Waals surface area contributed by atoms with Gasteiger partial charge >= 0.3 is 0 Å². The fraction of sp³-hybridized carbons (Fsp3) is 0. The van der Waals surface area contributed by atoms with Crippen molar-refractivity contribution in [1.29, 1.82) is 0 Å². The molecular formula is C18H11Br2N. The number of fused-ring (bicyclic) bond motifs is 3. The number of para-hydroxylation sites is 2. The number of rotatable bonds is 1. The molecule has 21 heavy (non-hydrogen) atoms. The van der Waals surface area contributed by atoms with Crippen LogP contribution in [0.25, 0.3) is 27.5 Å². The molecule has 0 saturated heterocycles. The first-order chi connectivity index (χ1) is 10.3. The summed E-state index contributed by atoms with van der Waals surface area (Å²) in [6.07, 6.45) is 0. The van der Waals surface area contributed by atoms with Crippen molar-refractivity contribution in [3.05, 3.63) is 75.7 Å². The summed E-state index contributed by atoms with van der Waals surface area (Å²) in [5, 5.41) is 2.52. The Bertz CT molecular complexity index is 955. The maximum Gasteiger partial charge on any atom is 0.0553 e. The van der Waals surface area contributed by atoms with Gasteiger partial charge in [-0.15, -0.1) is 0 Å². The van der Waals surface area contributed by atoms with Crippen LogP contribution in [-0.2, 0) is 0 Å². The van der Waals surface area contributed by atoms with Crippen molar-refractivity contribution >= 4 is 53.7 Å². The molecule has 0 aliphatic carbocycles. The zero-order valence-electron chi connectivity index (χ0n) is 11.1. The van der Waals surface area contributed by atoms with E-state index in [2.05, 4.69) is 97.1 Å². The Hall–Kier alpha value is -1.58. The summed E-state index contributed by atoms with van der Waals surface area (Å²) in [7, 11) is 0. The first-order valence-corrected chi connectivity index (χ1v) is 8.28. The van der Waals surface area contributed by atoms with Gasteiger partial charge in [-0.3, -0.25) is 0 Å². The van der Waals surface area contributed by atoms with E-state index in [9.17, 15) is 0 Å². The Morgan fingerprint density at radius 2 is 1.29 bits per heavy atom. The van der Waals surface area contributed by atoms with E-state index in [1.165, 1.54) is 27.5 Å². The normalized spacial score (nSPS) is 11.3. The lowest BCUT2D eigenvalue weighted by Crippen LogP contribution is -1.92. The Labute approximate surface area is 139 Å². The van der Waals surface area contributed by atoms with E-state index in [0.29, 0.717) is 0 Å². The van der Waals surface area contributed by atoms with Gasteiger partial charge in [-0.25, -0.2) is 0 Å². The van der Waals surface area contributed by atoms with Crippen LogP contribution >= 0.6 is 31.9 Å². The third-order valence-electron chi connectivity index (χ3n) is 3.73. The Balaban J connectivity index is 2.24. The standard InChI is InChI=1S/C18H11Br2N/c19-15-10-14-13-8-4-5-9-17(13)21(18(14)11-16(15)20)12-6-2-1-3-7-12/h1-11H. The van der Waals surface area contributed by atoms with Gasteiger partial charge in [0.15, 0.2) is 0 Å². The second kappa shape index (κ2) is 5.00. The van der Waals surface area contributed by atoms with Gasteiger partial charge in [-0.1, -0.05) is 36.4 Å². The zero-order chi connectivity index (χ0) is 14.4. The van der Waals surface area contributed by atoms with Crippen LogP contribution in [0.5, 0.6) is 0 Å². The molecule has 0 amide bonds. The number of hydrogen-bond donors (Lipinski definition) is 0. The molecule has 0 aliphatic rings. The molecule has 0 radical (unpaired) electrons. The minimum atomic E-state index is 1.06. The third kappa shape index (κ3) is 2.03. The first-order valence-electron chi connectivity index (χ1n) is 6.69. The third-order valence-corrected chi connectivity index (χ3v) is 5.57. The van der Waals surface area contributed by atoms with Gasteiger partial charge in [0.2, 0.25) is 0 Å². The molecule has 0 saturated carbocycles. The summed E-state index contributed by atoms with van der Waals surface area (Å²) >= 11 is 7.23. The number of nitrogens with zero attached hydrogens (tertiary/aromatic N) is 1. The van der Waals surface area contributed by atoms with Gasteiger partial charge in [0.25, 0.3) is 0 Å². The summed E-state index contributed by atoms with van der Waals surface area (Å²) in [6, 6.07) is 23.4. The van der Waals surface area contributed by atoms with Crippen LogP contribution in [0.4, 0.5) is 0 Å². The van der Waals surface area contributed by atoms with E-state index in [1.807, 2.05) is 6.07 Å². The lowest BCUT2D eigenvalue weighted by atomic mass is 10.2. The van der Waals surface area contributed by atoms with Crippen molar-refractivity contribution in [3.8, 4) is 5.69 Å². The predicted octanol–water partition coefficient (Wildman–Crippen LogP) is 6.31. The van der Waals surface area contributed by atoms with E-state index in [4.69, 9.17) is 0 Å². The van der Waals surface area contributed by atoms with Crippen molar-refractivity contribution in [2.75, 3.05) is 0 Å². The highest BCUT2D eigenvalue weighted by atomic mass is 79.9. The van der Waals surface area contributed by atoms with E-state index >= 15 is 0 Å². The lowest BCUT2D eigenvalue weighted by molar-refractivity contribution is 1.18. The van der Waals surface area contributed by atoms with Gasteiger partial charge in [-0.2, -0.15) is 0 Å². The van der Waals surface area contributed by atoms with Crippen LogP contribution in [-0.4, -0.2) is 4.57 Å². The fourth-order valence-electron chi connectivity index (χ4n) is 2.82. The summed E-state index contributed by atoms with van der Waals surface area (Å²) in [6.45, 7) is 0. The summed E-state index contributed by atoms with van der Waals surface area (Å²) in [4.78, 5) is 0. The van der Waals surface area contributed by atoms with Crippen molar-refractivity contribution in [2.45, 2.75) is 0 Å². The SMILES string of the molecule is Brc1cc2c3ccccc3n(-c3ccccc3)c2cc1Br. The van der Waals surface area contributed by atoms with Crippen LogP contribution in [0.1, 0.15) is 0 Å². The Morgan fingerprint density at radius 3 is 2.10 bits per heavy atom. The van der Waals surface area contributed by atoms with E-state index in [-0.39, 0.29) is 0 Å². The number of benzene rings is 3. The molecule has 0 unspecified atom stereocenters. The summed E-state index contributed by atoms with van der Waals surface area (Å²) in [5.41, 5.74) is 3.61. The molecule has 4 aromatic rings. The molecule has 0 N–H and O–H groups in total. The first kappa shape index (κ1) is 13.1. The second-order valence-corrected chi connectivity index (χ2v) is 6.68. The Morgan fingerprint density at radius 1 is 0.619 bits per heavy atom. The minimum absolute atomic E-state index is 1.06. The number of aromatic nitrogens is 1. The molecule has 1 nitrogen and oxygen atoms in total. The fourth-order valence-corrected chi connectivity index (χ4v) is 3.49. The molecule has 0 spiro atoms. The lowest BCUT2D eigenvalue weighted by Gasteiger charge is -2.07. The largest absolute Gasteiger partial charge is 0.309 e. The molecular weight excluding hydrogens is 390 g/mol. The van der Waals surface area contributed by atoms with Crippen LogP contribution in [0.2, 0.25) is 0 Å². The molecule has 4 rings (SSSR count). The van der Waals surface area contributed by atoms with Crippen molar-refractivity contribution in [2.24, 2.45) is 0 Å². The van der Waals surface area contributed by atoms with Crippen LogP contribution in [0, 0.1) is 0 Å². The quantitative estimate of drug-likeness (QED) is 0.353. The van der Waals surface area contributed by atoms with Crippen molar-refractivity contribution in [1.82, 2.24) is 4.57 Å². The van der Waals surface area contributed by atoms with Gasteiger partial charge in [-0.05, 0) is 62.2 Å². The summed E-state index contributed by atoms with van der Waals surface area (Å²) in [5.74, 6) is 0. The van der Waals surface area contributed by atoms with E-state index in [1.54, 1.807) is 0 Å². The van der Waals surface area contributed by atoms with Crippen LogP contribution < -0.4 is 0 Å². The molecule has 0 bridgehead atoms. The van der Waals surface area contributed by atoms with E-state index in [0.717, 1.165) is 8.95 Å². The van der Waals surface area contributed by atoms with Gasteiger partial charge in [0.05, 0.1) is 11.0 Å².